The predicted molar refractivity (Wildman–Crippen MR) is 87.3 cm³/mol. The third-order valence-corrected chi connectivity index (χ3v) is 6.47. The summed E-state index contributed by atoms with van der Waals surface area (Å²) in [6.07, 6.45) is 1.05. The highest BCUT2D eigenvalue weighted by Crippen LogP contribution is 2.58. The van der Waals surface area contributed by atoms with Gasteiger partial charge in [0.2, 0.25) is 0 Å². The maximum Gasteiger partial charge on any atom is 0.113 e. The minimum atomic E-state index is -0.256. The molecule has 0 N–H and O–H groups in total. The van der Waals surface area contributed by atoms with Crippen molar-refractivity contribution in [2.24, 2.45) is 0 Å². The van der Waals surface area contributed by atoms with Gasteiger partial charge in [0.15, 0.2) is 0 Å². The maximum atomic E-state index is 6.07. The first-order chi connectivity index (χ1) is 8.05. The Kier molecular flexibility index (Phi) is 4.71. The van der Waals surface area contributed by atoms with Crippen LogP contribution in [0.2, 0.25) is 0 Å². The van der Waals surface area contributed by atoms with E-state index in [1.165, 1.54) is 10.9 Å². The molecule has 0 aliphatic rings. The van der Waals surface area contributed by atoms with Gasteiger partial charge in [-0.2, -0.15) is 0 Å². The van der Waals surface area contributed by atoms with Gasteiger partial charge in [-0.25, -0.2) is 0 Å². The van der Waals surface area contributed by atoms with Gasteiger partial charge in [-0.3, -0.25) is 0 Å². The van der Waals surface area contributed by atoms with E-state index in [-0.39, 0.29) is 7.92 Å². The fourth-order valence-corrected chi connectivity index (χ4v) is 6.95. The summed E-state index contributed by atoms with van der Waals surface area (Å²) in [6, 6.07) is 6.64. The van der Waals surface area contributed by atoms with E-state index in [4.69, 9.17) is 7.85 Å². The molecule has 0 amide bonds. The Morgan fingerprint density at radius 1 is 0.944 bits per heavy atom. The molecule has 0 heterocycles. The summed E-state index contributed by atoms with van der Waals surface area (Å²) in [5.41, 5.74) is 2.26. The Morgan fingerprint density at radius 3 is 1.83 bits per heavy atom. The molecule has 0 aliphatic heterocycles. The molecule has 0 aliphatic carbocycles. The Balaban J connectivity index is 3.35. The Bertz CT molecular complexity index is 396. The summed E-state index contributed by atoms with van der Waals surface area (Å²) in [5.74, 6) is 0. The van der Waals surface area contributed by atoms with Crippen LogP contribution in [0.4, 0.5) is 0 Å². The number of aryl methyl sites for hydroxylation is 1. The average molecular weight is 260 g/mol. The van der Waals surface area contributed by atoms with Crippen molar-refractivity contribution in [1.82, 2.24) is 0 Å². The lowest BCUT2D eigenvalue weighted by Gasteiger charge is -2.42. The van der Waals surface area contributed by atoms with Crippen molar-refractivity contribution >= 4 is 26.5 Å². The second-order valence-electron chi connectivity index (χ2n) is 6.96. The first-order valence-corrected chi connectivity index (χ1v) is 8.09. The molecule has 0 aromatic heterocycles. The standard InChI is InChI=1S/C16H26BP/c1-8-12-9-13(17)11-14(10-12)18(15(2,3)4)16(5,6)7/h9-11H,8H2,1-7H3. The van der Waals surface area contributed by atoms with Crippen molar-refractivity contribution in [3.8, 4) is 0 Å². The summed E-state index contributed by atoms with van der Waals surface area (Å²) >= 11 is 0. The van der Waals surface area contributed by atoms with Crippen LogP contribution in [-0.2, 0) is 6.42 Å². The van der Waals surface area contributed by atoms with Crippen molar-refractivity contribution in [3.05, 3.63) is 23.8 Å². The molecule has 1 aromatic carbocycles. The van der Waals surface area contributed by atoms with Crippen molar-refractivity contribution in [3.63, 3.8) is 0 Å². The van der Waals surface area contributed by atoms with Crippen molar-refractivity contribution in [2.75, 3.05) is 0 Å². The van der Waals surface area contributed by atoms with Crippen LogP contribution in [0.1, 0.15) is 54.0 Å². The molecule has 1 rings (SSSR count). The SMILES string of the molecule is [B]c1cc(CC)cc(P(C(C)(C)C)C(C)(C)C)c1. The van der Waals surface area contributed by atoms with E-state index in [1.807, 2.05) is 0 Å². The minimum Gasteiger partial charge on any atom is -0.0958 e. The molecule has 0 fully saturated rings. The van der Waals surface area contributed by atoms with Gasteiger partial charge in [-0.05, 0) is 27.6 Å². The monoisotopic (exact) mass is 260 g/mol. The van der Waals surface area contributed by atoms with E-state index in [0.717, 1.165) is 11.9 Å². The van der Waals surface area contributed by atoms with E-state index in [2.05, 4.69) is 66.7 Å². The van der Waals surface area contributed by atoms with Gasteiger partial charge in [0.05, 0.1) is 0 Å². The van der Waals surface area contributed by atoms with Crippen molar-refractivity contribution in [2.45, 2.75) is 65.2 Å². The van der Waals surface area contributed by atoms with Gasteiger partial charge >= 0.3 is 0 Å². The van der Waals surface area contributed by atoms with Gasteiger partial charge < -0.3 is 0 Å². The first-order valence-electron chi connectivity index (χ1n) is 6.75. The topological polar surface area (TPSA) is 0 Å². The van der Waals surface area contributed by atoms with Gasteiger partial charge in [-0.15, -0.1) is 0 Å². The highest BCUT2D eigenvalue weighted by molar-refractivity contribution is 7.68. The fourth-order valence-electron chi connectivity index (χ4n) is 2.81. The van der Waals surface area contributed by atoms with Gasteiger partial charge in [-0.1, -0.05) is 80.0 Å². The fraction of sp³-hybridized carbons (Fsp3) is 0.625. The molecule has 0 saturated heterocycles. The number of hydrogen-bond donors (Lipinski definition) is 0. The normalized spacial score (nSPS) is 13.1. The summed E-state index contributed by atoms with van der Waals surface area (Å²) in [6.45, 7) is 16.3. The molecule has 98 valence electrons. The van der Waals surface area contributed by atoms with Gasteiger partial charge in [0, 0.05) is 0 Å². The molecule has 1 aromatic rings. The molecule has 0 unspecified atom stereocenters. The molecule has 0 nitrogen and oxygen atoms in total. The Hall–Kier alpha value is -0.285. The molecular formula is C16H26BP. The summed E-state index contributed by atoms with van der Waals surface area (Å²) in [4.78, 5) is 0. The molecule has 0 atom stereocenters. The summed E-state index contributed by atoms with van der Waals surface area (Å²) in [5, 5.41) is 2.04. The molecule has 0 bridgehead atoms. The largest absolute Gasteiger partial charge is 0.113 e. The third-order valence-electron chi connectivity index (χ3n) is 3.01. The van der Waals surface area contributed by atoms with Crippen LogP contribution in [-0.4, -0.2) is 18.2 Å². The van der Waals surface area contributed by atoms with E-state index >= 15 is 0 Å². The zero-order valence-electron chi connectivity index (χ0n) is 13.0. The number of hydrogen-bond acceptors (Lipinski definition) is 0. The zero-order valence-corrected chi connectivity index (χ0v) is 13.9. The predicted octanol–water partition coefficient (Wildman–Crippen LogP) is 3.75. The van der Waals surface area contributed by atoms with Crippen molar-refractivity contribution < 1.29 is 0 Å². The lowest BCUT2D eigenvalue weighted by atomic mass is 9.94. The highest BCUT2D eigenvalue weighted by atomic mass is 31.1. The summed E-state index contributed by atoms with van der Waals surface area (Å²) in [7, 11) is 5.81. The first kappa shape index (κ1) is 15.8. The Morgan fingerprint density at radius 2 is 1.44 bits per heavy atom. The van der Waals surface area contributed by atoms with E-state index in [1.54, 1.807) is 0 Å². The minimum absolute atomic E-state index is 0.256. The van der Waals surface area contributed by atoms with E-state index < -0.39 is 0 Å². The van der Waals surface area contributed by atoms with Crippen LogP contribution in [0.5, 0.6) is 0 Å². The highest BCUT2D eigenvalue weighted by Gasteiger charge is 2.35. The van der Waals surface area contributed by atoms with Crippen LogP contribution in [0, 0.1) is 0 Å². The van der Waals surface area contributed by atoms with Crippen LogP contribution >= 0.6 is 7.92 Å². The maximum absolute atomic E-state index is 6.07. The second kappa shape index (κ2) is 5.37. The smallest absolute Gasteiger partial charge is 0.0958 e. The van der Waals surface area contributed by atoms with Crippen LogP contribution in [0.15, 0.2) is 18.2 Å². The lowest BCUT2D eigenvalue weighted by molar-refractivity contribution is 0.715. The molecule has 2 radical (unpaired) electrons. The lowest BCUT2D eigenvalue weighted by Crippen LogP contribution is -2.32. The van der Waals surface area contributed by atoms with E-state index in [0.29, 0.717) is 10.3 Å². The second-order valence-corrected chi connectivity index (χ2v) is 10.8. The molecule has 18 heavy (non-hydrogen) atoms. The average Bonchev–Trinajstić information content (AvgIpc) is 2.11. The molecule has 2 heteroatoms. The van der Waals surface area contributed by atoms with Crippen LogP contribution < -0.4 is 10.8 Å². The zero-order chi connectivity index (χ0) is 14.1. The van der Waals surface area contributed by atoms with E-state index in [9.17, 15) is 0 Å². The van der Waals surface area contributed by atoms with Crippen LogP contribution in [0.3, 0.4) is 0 Å². The molecule has 0 spiro atoms. The van der Waals surface area contributed by atoms with Gasteiger partial charge in [0.1, 0.15) is 7.85 Å². The van der Waals surface area contributed by atoms with Crippen LogP contribution in [0.25, 0.3) is 0 Å². The third kappa shape index (κ3) is 3.85. The van der Waals surface area contributed by atoms with Crippen molar-refractivity contribution in [1.29, 1.82) is 0 Å². The quantitative estimate of drug-likeness (QED) is 0.561. The molecular weight excluding hydrogens is 234 g/mol. The Labute approximate surface area is 116 Å². The summed E-state index contributed by atoms with van der Waals surface area (Å²) < 4.78 is 0. The molecule has 0 saturated carbocycles. The van der Waals surface area contributed by atoms with Gasteiger partial charge in [0.25, 0.3) is 0 Å². The number of benzene rings is 1. The number of rotatable bonds is 2.